The second-order valence-electron chi connectivity index (χ2n) is 4.58. The van der Waals surface area contributed by atoms with Gasteiger partial charge in [0.05, 0.1) is 20.4 Å². The standard InChI is InChI=1S/C15H15BrN4O2/c1-21-11-4-3-10(12(7-11)22-2)8-18-14-15-19-9-13(16)20(15)6-5-17-14/h3-7,9H,8H2,1-2H3,(H,17,18). The van der Waals surface area contributed by atoms with Gasteiger partial charge in [-0.15, -0.1) is 0 Å². The molecule has 2 heterocycles. The van der Waals surface area contributed by atoms with Crippen molar-refractivity contribution >= 4 is 27.4 Å². The number of benzene rings is 1. The number of imidazole rings is 1. The molecule has 0 fully saturated rings. The van der Waals surface area contributed by atoms with Gasteiger partial charge in [-0.3, -0.25) is 4.40 Å². The number of halogens is 1. The zero-order chi connectivity index (χ0) is 15.5. The number of nitrogens with zero attached hydrogens (tertiary/aromatic N) is 3. The highest BCUT2D eigenvalue weighted by Gasteiger charge is 2.09. The molecule has 0 radical (unpaired) electrons. The minimum absolute atomic E-state index is 0.574. The lowest BCUT2D eigenvalue weighted by molar-refractivity contribution is 0.391. The van der Waals surface area contributed by atoms with E-state index in [9.17, 15) is 0 Å². The van der Waals surface area contributed by atoms with E-state index >= 15 is 0 Å². The fourth-order valence-corrected chi connectivity index (χ4v) is 2.58. The largest absolute Gasteiger partial charge is 0.497 e. The molecule has 0 aliphatic carbocycles. The Bertz CT molecular complexity index is 803. The average Bonchev–Trinajstić information content (AvgIpc) is 2.94. The molecule has 0 aliphatic heterocycles. The van der Waals surface area contributed by atoms with Crippen molar-refractivity contribution in [3.8, 4) is 11.5 Å². The van der Waals surface area contributed by atoms with Gasteiger partial charge in [-0.25, -0.2) is 9.97 Å². The maximum Gasteiger partial charge on any atom is 0.180 e. The molecule has 22 heavy (non-hydrogen) atoms. The summed E-state index contributed by atoms with van der Waals surface area (Å²) in [7, 11) is 3.27. The van der Waals surface area contributed by atoms with Crippen LogP contribution in [0.25, 0.3) is 5.65 Å². The normalized spacial score (nSPS) is 10.7. The molecule has 0 spiro atoms. The summed E-state index contributed by atoms with van der Waals surface area (Å²) >= 11 is 3.45. The number of rotatable bonds is 5. The first-order valence-corrected chi connectivity index (χ1v) is 7.44. The summed E-state index contributed by atoms with van der Waals surface area (Å²) in [4.78, 5) is 8.68. The molecule has 7 heteroatoms. The summed E-state index contributed by atoms with van der Waals surface area (Å²) in [5, 5.41) is 3.29. The highest BCUT2D eigenvalue weighted by Crippen LogP contribution is 2.26. The lowest BCUT2D eigenvalue weighted by Crippen LogP contribution is -2.05. The molecule has 0 unspecified atom stereocenters. The number of methoxy groups -OCH3 is 2. The van der Waals surface area contributed by atoms with Gasteiger partial charge in [0.15, 0.2) is 11.5 Å². The highest BCUT2D eigenvalue weighted by molar-refractivity contribution is 9.10. The predicted octanol–water partition coefficient (Wildman–Crippen LogP) is 3.12. The summed E-state index contributed by atoms with van der Waals surface area (Å²) in [5.41, 5.74) is 1.78. The summed E-state index contributed by atoms with van der Waals surface area (Å²) in [5.74, 6) is 2.24. The molecule has 0 amide bonds. The van der Waals surface area contributed by atoms with Crippen molar-refractivity contribution in [3.05, 3.63) is 47.0 Å². The number of hydrogen-bond donors (Lipinski definition) is 1. The van der Waals surface area contributed by atoms with Crippen molar-refractivity contribution in [1.82, 2.24) is 14.4 Å². The van der Waals surface area contributed by atoms with Crippen molar-refractivity contribution in [2.75, 3.05) is 19.5 Å². The quantitative estimate of drug-likeness (QED) is 0.755. The molecule has 0 aliphatic rings. The Balaban J connectivity index is 1.85. The zero-order valence-corrected chi connectivity index (χ0v) is 13.8. The van der Waals surface area contributed by atoms with E-state index in [1.165, 1.54) is 0 Å². The van der Waals surface area contributed by atoms with Gasteiger partial charge in [0.1, 0.15) is 16.1 Å². The Morgan fingerprint density at radius 1 is 1.23 bits per heavy atom. The van der Waals surface area contributed by atoms with Gasteiger partial charge in [0, 0.05) is 30.6 Å². The Labute approximate surface area is 136 Å². The van der Waals surface area contributed by atoms with E-state index < -0.39 is 0 Å². The monoisotopic (exact) mass is 362 g/mol. The first-order valence-electron chi connectivity index (χ1n) is 6.65. The third-order valence-electron chi connectivity index (χ3n) is 3.32. The van der Waals surface area contributed by atoms with Crippen LogP contribution >= 0.6 is 15.9 Å². The first-order chi connectivity index (χ1) is 10.7. The first kappa shape index (κ1) is 14.6. The molecule has 1 aromatic carbocycles. The van der Waals surface area contributed by atoms with Gasteiger partial charge >= 0.3 is 0 Å². The molecule has 0 saturated heterocycles. The smallest absolute Gasteiger partial charge is 0.180 e. The number of ether oxygens (including phenoxy) is 2. The maximum atomic E-state index is 5.40. The van der Waals surface area contributed by atoms with E-state index in [0.29, 0.717) is 12.4 Å². The third kappa shape index (κ3) is 2.71. The lowest BCUT2D eigenvalue weighted by Gasteiger charge is -2.12. The Hall–Kier alpha value is -2.28. The van der Waals surface area contributed by atoms with Gasteiger partial charge < -0.3 is 14.8 Å². The van der Waals surface area contributed by atoms with Crippen LogP contribution in [0.15, 0.2) is 41.4 Å². The second kappa shape index (κ2) is 6.23. The van der Waals surface area contributed by atoms with Crippen molar-refractivity contribution in [3.63, 3.8) is 0 Å². The van der Waals surface area contributed by atoms with E-state index in [4.69, 9.17) is 9.47 Å². The zero-order valence-electron chi connectivity index (χ0n) is 12.2. The Morgan fingerprint density at radius 3 is 2.86 bits per heavy atom. The number of nitrogens with one attached hydrogen (secondary N) is 1. The fraction of sp³-hybridized carbons (Fsp3) is 0.200. The van der Waals surface area contributed by atoms with Crippen molar-refractivity contribution in [1.29, 1.82) is 0 Å². The van der Waals surface area contributed by atoms with Gasteiger partial charge in [-0.2, -0.15) is 0 Å². The molecule has 0 bridgehead atoms. The van der Waals surface area contributed by atoms with E-state index in [-0.39, 0.29) is 0 Å². The van der Waals surface area contributed by atoms with Crippen LogP contribution in [0.2, 0.25) is 0 Å². The molecule has 2 aromatic heterocycles. The van der Waals surface area contributed by atoms with Gasteiger partial charge in [-0.1, -0.05) is 0 Å². The van der Waals surface area contributed by atoms with Crippen LogP contribution in [0.3, 0.4) is 0 Å². The number of hydrogen-bond acceptors (Lipinski definition) is 5. The lowest BCUT2D eigenvalue weighted by atomic mass is 10.2. The molecule has 0 saturated carbocycles. The van der Waals surface area contributed by atoms with Crippen LogP contribution in [0.4, 0.5) is 5.82 Å². The maximum absolute atomic E-state index is 5.40. The Morgan fingerprint density at radius 2 is 2.09 bits per heavy atom. The number of aromatic nitrogens is 3. The molecular formula is C15H15BrN4O2. The molecule has 1 N–H and O–H groups in total. The van der Waals surface area contributed by atoms with Gasteiger partial charge in [0.2, 0.25) is 0 Å². The summed E-state index contributed by atoms with van der Waals surface area (Å²) in [6.07, 6.45) is 5.33. The second-order valence-corrected chi connectivity index (χ2v) is 5.39. The van der Waals surface area contributed by atoms with Crippen LogP contribution < -0.4 is 14.8 Å². The van der Waals surface area contributed by atoms with Crippen molar-refractivity contribution in [2.45, 2.75) is 6.54 Å². The Kier molecular flexibility index (Phi) is 4.15. The van der Waals surface area contributed by atoms with Crippen molar-refractivity contribution in [2.24, 2.45) is 0 Å². The van der Waals surface area contributed by atoms with E-state index in [2.05, 4.69) is 31.2 Å². The van der Waals surface area contributed by atoms with Crippen LogP contribution in [-0.2, 0) is 6.54 Å². The molecule has 3 rings (SSSR count). The minimum Gasteiger partial charge on any atom is -0.497 e. The van der Waals surface area contributed by atoms with Gasteiger partial charge in [0.25, 0.3) is 0 Å². The summed E-state index contributed by atoms with van der Waals surface area (Å²) in [6.45, 7) is 0.574. The van der Waals surface area contributed by atoms with Crippen molar-refractivity contribution < 1.29 is 9.47 Å². The van der Waals surface area contributed by atoms with E-state index in [1.54, 1.807) is 26.6 Å². The molecule has 0 atom stereocenters. The van der Waals surface area contributed by atoms with Crippen LogP contribution in [0.5, 0.6) is 11.5 Å². The topological polar surface area (TPSA) is 60.7 Å². The van der Waals surface area contributed by atoms with E-state index in [0.717, 1.165) is 27.3 Å². The number of fused-ring (bicyclic) bond motifs is 1. The van der Waals surface area contributed by atoms with Gasteiger partial charge in [-0.05, 0) is 28.1 Å². The summed E-state index contributed by atoms with van der Waals surface area (Å²) < 4.78 is 13.4. The average molecular weight is 363 g/mol. The van der Waals surface area contributed by atoms with Crippen LogP contribution in [0, 0.1) is 0 Å². The fourth-order valence-electron chi connectivity index (χ4n) is 2.19. The molecular weight excluding hydrogens is 348 g/mol. The third-order valence-corrected chi connectivity index (χ3v) is 3.91. The minimum atomic E-state index is 0.574. The number of anilines is 1. The predicted molar refractivity (Wildman–Crippen MR) is 87.6 cm³/mol. The summed E-state index contributed by atoms with van der Waals surface area (Å²) in [6, 6.07) is 5.73. The van der Waals surface area contributed by atoms with Crippen LogP contribution in [-0.4, -0.2) is 28.6 Å². The molecule has 3 aromatic rings. The highest BCUT2D eigenvalue weighted by atomic mass is 79.9. The molecule has 6 nitrogen and oxygen atoms in total. The van der Waals surface area contributed by atoms with E-state index in [1.807, 2.05) is 28.8 Å². The van der Waals surface area contributed by atoms with Crippen LogP contribution in [0.1, 0.15) is 5.56 Å². The SMILES string of the molecule is COc1ccc(CNc2nccn3c(Br)cnc23)c(OC)c1. The molecule has 114 valence electrons.